The first-order chi connectivity index (χ1) is 16.2. The Labute approximate surface area is 192 Å². The molecule has 33 heavy (non-hydrogen) atoms. The van der Waals surface area contributed by atoms with Gasteiger partial charge in [-0.2, -0.15) is 4.98 Å². The summed E-state index contributed by atoms with van der Waals surface area (Å²) in [7, 11) is 3.93. The second-order valence-corrected chi connectivity index (χ2v) is 7.91. The average molecular weight is 437 g/mol. The summed E-state index contributed by atoms with van der Waals surface area (Å²) < 4.78 is 5.90. The fraction of sp³-hybridized carbons (Fsp3) is 0.192. The van der Waals surface area contributed by atoms with E-state index in [1.807, 2.05) is 43.4 Å². The zero-order chi connectivity index (χ0) is 22.6. The summed E-state index contributed by atoms with van der Waals surface area (Å²) in [5.74, 6) is 9.30. The maximum absolute atomic E-state index is 5.90. The number of nitrogens with zero attached hydrogens (tertiary/aromatic N) is 4. The summed E-state index contributed by atoms with van der Waals surface area (Å²) in [5, 5.41) is 8.28. The normalized spacial score (nSPS) is 13.8. The predicted octanol–water partition coefficient (Wildman–Crippen LogP) is 4.03. The average Bonchev–Trinajstić information content (AvgIpc) is 2.82. The molecule has 0 fully saturated rings. The Kier molecular flexibility index (Phi) is 5.75. The number of rotatable bonds is 1. The van der Waals surface area contributed by atoms with E-state index in [2.05, 4.69) is 61.5 Å². The highest BCUT2D eigenvalue weighted by Gasteiger charge is 2.10. The van der Waals surface area contributed by atoms with Crippen molar-refractivity contribution < 1.29 is 4.74 Å². The van der Waals surface area contributed by atoms with Gasteiger partial charge < -0.3 is 15.4 Å². The molecule has 4 aromatic rings. The second kappa shape index (κ2) is 9.15. The molecule has 7 heteroatoms. The van der Waals surface area contributed by atoms with Gasteiger partial charge in [-0.3, -0.25) is 4.90 Å². The number of aromatic nitrogens is 3. The SMILES string of the molecule is CNc1ncc2c3cc(ncc13)Nc1cccc(n1)OCCN(C)Cc1cccc(c1)C#C2. The number of pyridine rings is 3. The molecule has 0 atom stereocenters. The van der Waals surface area contributed by atoms with Gasteiger partial charge in [0.1, 0.15) is 24.1 Å². The molecule has 1 aromatic carbocycles. The molecule has 0 aliphatic carbocycles. The zero-order valence-corrected chi connectivity index (χ0v) is 18.6. The van der Waals surface area contributed by atoms with Gasteiger partial charge in [0.2, 0.25) is 5.88 Å². The lowest BCUT2D eigenvalue weighted by Crippen LogP contribution is -2.24. The number of anilines is 3. The Morgan fingerprint density at radius 3 is 2.82 bits per heavy atom. The summed E-state index contributed by atoms with van der Waals surface area (Å²) in [6.07, 6.45) is 3.60. The Balaban J connectivity index is 1.63. The molecule has 0 spiro atoms. The third-order valence-electron chi connectivity index (χ3n) is 5.43. The second-order valence-electron chi connectivity index (χ2n) is 7.91. The molecule has 0 amide bonds. The van der Waals surface area contributed by atoms with Gasteiger partial charge in [-0.15, -0.1) is 0 Å². The van der Waals surface area contributed by atoms with Gasteiger partial charge in [0.05, 0.1) is 5.56 Å². The van der Waals surface area contributed by atoms with E-state index >= 15 is 0 Å². The molecule has 1 aliphatic heterocycles. The highest BCUT2D eigenvalue weighted by atomic mass is 16.5. The molecule has 3 aromatic heterocycles. The largest absolute Gasteiger partial charge is 0.476 e. The van der Waals surface area contributed by atoms with Gasteiger partial charge in [-0.1, -0.05) is 30.0 Å². The van der Waals surface area contributed by atoms with Crippen LogP contribution < -0.4 is 15.4 Å². The molecule has 0 unspecified atom stereocenters. The van der Waals surface area contributed by atoms with Gasteiger partial charge >= 0.3 is 0 Å². The summed E-state index contributed by atoms with van der Waals surface area (Å²) in [6, 6.07) is 16.0. The first-order valence-electron chi connectivity index (χ1n) is 10.8. The number of likely N-dealkylation sites (N-methyl/N-ethyl adjacent to an activating group) is 1. The Morgan fingerprint density at radius 2 is 1.91 bits per heavy atom. The van der Waals surface area contributed by atoms with Crippen LogP contribution in [0, 0.1) is 11.8 Å². The highest BCUT2D eigenvalue weighted by Crippen LogP contribution is 2.27. The molecule has 164 valence electrons. The van der Waals surface area contributed by atoms with E-state index in [1.54, 1.807) is 12.4 Å². The topological polar surface area (TPSA) is 75.2 Å². The van der Waals surface area contributed by atoms with E-state index in [9.17, 15) is 0 Å². The smallest absolute Gasteiger partial charge is 0.215 e. The Morgan fingerprint density at radius 1 is 1.00 bits per heavy atom. The molecular weight excluding hydrogens is 412 g/mol. The molecule has 0 radical (unpaired) electrons. The lowest BCUT2D eigenvalue weighted by molar-refractivity contribution is 0.227. The minimum atomic E-state index is 0.545. The van der Waals surface area contributed by atoms with Crippen LogP contribution in [-0.2, 0) is 6.54 Å². The lowest BCUT2D eigenvalue weighted by atomic mass is 10.1. The lowest BCUT2D eigenvalue weighted by Gasteiger charge is -2.17. The monoisotopic (exact) mass is 436 g/mol. The summed E-state index contributed by atoms with van der Waals surface area (Å²) in [4.78, 5) is 15.9. The number of fused-ring (bicyclic) bond motifs is 5. The molecule has 6 bridgehead atoms. The summed E-state index contributed by atoms with van der Waals surface area (Å²) in [6.45, 7) is 2.13. The van der Waals surface area contributed by atoms with Gasteiger partial charge in [0.15, 0.2) is 0 Å². The minimum Gasteiger partial charge on any atom is -0.476 e. The van der Waals surface area contributed by atoms with Crippen LogP contribution in [0.4, 0.5) is 17.5 Å². The number of ether oxygens (including phenoxy) is 1. The van der Waals surface area contributed by atoms with Crippen LogP contribution in [0.15, 0.2) is 60.9 Å². The fourth-order valence-electron chi connectivity index (χ4n) is 3.78. The van der Waals surface area contributed by atoms with Crippen LogP contribution >= 0.6 is 0 Å². The van der Waals surface area contributed by atoms with E-state index in [0.717, 1.165) is 40.8 Å². The van der Waals surface area contributed by atoms with E-state index in [4.69, 9.17) is 4.74 Å². The third kappa shape index (κ3) is 4.71. The van der Waals surface area contributed by atoms with E-state index in [1.165, 1.54) is 5.56 Å². The van der Waals surface area contributed by atoms with Crippen LogP contribution in [0.25, 0.3) is 10.8 Å². The van der Waals surface area contributed by atoms with Crippen molar-refractivity contribution >= 4 is 28.2 Å². The number of hydrogen-bond acceptors (Lipinski definition) is 7. The fourth-order valence-corrected chi connectivity index (χ4v) is 3.78. The van der Waals surface area contributed by atoms with Crippen molar-refractivity contribution in [1.82, 2.24) is 19.9 Å². The van der Waals surface area contributed by atoms with Gasteiger partial charge in [-0.05, 0) is 36.9 Å². The standard InChI is InChI=1S/C26H24N6O/c1-27-26-22-16-28-24-14-21(22)20(15-29-26)10-9-18-5-3-6-19(13-18)17-32(2)11-12-33-25-8-4-7-23(30-24)31-25/h3-8,13-16H,11-12,17H2,1-2H3,(H,27,29)(H,28,30,31). The van der Waals surface area contributed by atoms with Crippen LogP contribution in [-0.4, -0.2) is 47.1 Å². The molecule has 0 saturated heterocycles. The predicted molar refractivity (Wildman–Crippen MR) is 131 cm³/mol. The van der Waals surface area contributed by atoms with Crippen molar-refractivity contribution in [2.24, 2.45) is 0 Å². The number of hydrogen-bond donors (Lipinski definition) is 2. The minimum absolute atomic E-state index is 0.545. The maximum Gasteiger partial charge on any atom is 0.215 e. The number of nitrogens with one attached hydrogen (secondary N) is 2. The summed E-state index contributed by atoms with van der Waals surface area (Å²) in [5.41, 5.74) is 3.01. The first-order valence-corrected chi connectivity index (χ1v) is 10.8. The molecule has 4 heterocycles. The quantitative estimate of drug-likeness (QED) is 0.436. The van der Waals surface area contributed by atoms with Crippen molar-refractivity contribution in [3.8, 4) is 17.7 Å². The van der Waals surface area contributed by atoms with E-state index in [-0.39, 0.29) is 0 Å². The third-order valence-corrected chi connectivity index (χ3v) is 5.43. The van der Waals surface area contributed by atoms with Gasteiger partial charge in [0.25, 0.3) is 0 Å². The first kappa shape index (κ1) is 20.7. The van der Waals surface area contributed by atoms with E-state index < -0.39 is 0 Å². The Hall–Kier alpha value is -4.15. The maximum atomic E-state index is 5.90. The number of benzene rings is 1. The molecule has 7 nitrogen and oxygen atoms in total. The van der Waals surface area contributed by atoms with Crippen LogP contribution in [0.2, 0.25) is 0 Å². The molecule has 5 rings (SSSR count). The van der Waals surface area contributed by atoms with Crippen LogP contribution in [0.1, 0.15) is 16.7 Å². The van der Waals surface area contributed by atoms with Crippen molar-refractivity contribution in [2.45, 2.75) is 6.54 Å². The molecular formula is C26H24N6O. The highest BCUT2D eigenvalue weighted by molar-refractivity contribution is 5.96. The van der Waals surface area contributed by atoms with Crippen molar-refractivity contribution in [3.63, 3.8) is 0 Å². The van der Waals surface area contributed by atoms with Gasteiger partial charge in [-0.25, -0.2) is 9.97 Å². The van der Waals surface area contributed by atoms with Crippen LogP contribution in [0.3, 0.4) is 0 Å². The van der Waals surface area contributed by atoms with Gasteiger partial charge in [0, 0.05) is 54.9 Å². The molecule has 0 saturated carbocycles. The summed E-state index contributed by atoms with van der Waals surface area (Å²) >= 11 is 0. The van der Waals surface area contributed by atoms with Crippen molar-refractivity contribution in [2.75, 3.05) is 37.9 Å². The zero-order valence-electron chi connectivity index (χ0n) is 18.6. The van der Waals surface area contributed by atoms with E-state index in [0.29, 0.717) is 24.1 Å². The van der Waals surface area contributed by atoms with Crippen molar-refractivity contribution in [1.29, 1.82) is 0 Å². The van der Waals surface area contributed by atoms with Crippen molar-refractivity contribution in [3.05, 3.63) is 77.6 Å². The Bertz CT molecular complexity index is 1370. The molecule has 2 N–H and O–H groups in total. The molecule has 1 aliphatic rings. The van der Waals surface area contributed by atoms with Crippen LogP contribution in [0.5, 0.6) is 5.88 Å².